The van der Waals surface area contributed by atoms with Crippen LogP contribution in [-0.2, 0) is 11.3 Å². The number of oxazole rings is 1. The van der Waals surface area contributed by atoms with Crippen molar-refractivity contribution < 1.29 is 29.0 Å². The fourth-order valence-corrected chi connectivity index (χ4v) is 2.65. The number of nitrogens with one attached hydrogen (secondary N) is 1. The van der Waals surface area contributed by atoms with Gasteiger partial charge in [0.2, 0.25) is 5.65 Å². The Hall–Kier alpha value is -3.77. The average Bonchev–Trinajstić information content (AvgIpc) is 3.28. The lowest BCUT2D eigenvalue weighted by atomic mass is 10.2. The zero-order valence-corrected chi connectivity index (χ0v) is 16.4. The molecule has 1 aromatic carbocycles. The van der Waals surface area contributed by atoms with E-state index in [0.717, 1.165) is 34.4 Å². The molecule has 0 saturated heterocycles. The van der Waals surface area contributed by atoms with Gasteiger partial charge in [0.05, 0.1) is 7.11 Å². The number of fused-ring (bicyclic) bond motifs is 2. The van der Waals surface area contributed by atoms with Crippen LogP contribution in [0.5, 0.6) is 5.88 Å². The van der Waals surface area contributed by atoms with Crippen LogP contribution >= 0.6 is 11.8 Å². The van der Waals surface area contributed by atoms with Crippen LogP contribution in [0, 0.1) is 6.92 Å². The number of halogens is 1. The number of aromatic hydroxyl groups is 1. The van der Waals surface area contributed by atoms with Crippen molar-refractivity contribution in [2.24, 2.45) is 0 Å². The Morgan fingerprint density at radius 2 is 2.07 bits per heavy atom. The third-order valence-electron chi connectivity index (χ3n) is 3.80. The number of ether oxygens (including phenoxy) is 1. The summed E-state index contributed by atoms with van der Waals surface area (Å²) in [5.74, 6) is -2.05. The van der Waals surface area contributed by atoms with E-state index in [4.69, 9.17) is 21.3 Å². The van der Waals surface area contributed by atoms with Gasteiger partial charge in [0.25, 0.3) is 5.88 Å². The fourth-order valence-electron chi connectivity index (χ4n) is 2.50. The van der Waals surface area contributed by atoms with Gasteiger partial charge in [0.1, 0.15) is 5.52 Å². The summed E-state index contributed by atoms with van der Waals surface area (Å²) >= 11 is 5.40. The topological polar surface area (TPSA) is 165 Å². The van der Waals surface area contributed by atoms with Gasteiger partial charge in [-0.3, -0.25) is 0 Å². The van der Waals surface area contributed by atoms with Crippen molar-refractivity contribution in [3.63, 3.8) is 0 Å². The highest BCUT2D eigenvalue weighted by atomic mass is 35.5. The van der Waals surface area contributed by atoms with E-state index < -0.39 is 23.5 Å². The molecule has 30 heavy (non-hydrogen) atoms. The molecule has 0 amide bonds. The molecule has 0 radical (unpaired) electrons. The molecule has 156 valence electrons. The fraction of sp³-hybridized carbons (Fsp3) is 0.176. The molecule has 0 spiro atoms. The van der Waals surface area contributed by atoms with Crippen LogP contribution in [0.25, 0.3) is 16.7 Å². The number of methoxy groups -OCH3 is 1. The Balaban J connectivity index is 0.000000177. The maximum atomic E-state index is 11.4. The number of carboxylic acids is 1. The Labute approximate surface area is 173 Å². The molecule has 12 nitrogen and oxygen atoms in total. The molecule has 0 aliphatic rings. The first-order valence-electron chi connectivity index (χ1n) is 8.30. The second-order valence-electron chi connectivity index (χ2n) is 5.82. The molecule has 0 aliphatic heterocycles. The molecule has 3 aromatic heterocycles. The van der Waals surface area contributed by atoms with Crippen molar-refractivity contribution in [2.45, 2.75) is 13.5 Å². The quantitative estimate of drug-likeness (QED) is 0.316. The third kappa shape index (κ3) is 4.29. The van der Waals surface area contributed by atoms with E-state index in [-0.39, 0.29) is 11.3 Å². The third-order valence-corrected chi connectivity index (χ3v) is 3.93. The summed E-state index contributed by atoms with van der Waals surface area (Å²) in [6.45, 7) is 2.46. The number of aryl methyl sites for hydroxylation is 1. The first-order valence-corrected chi connectivity index (χ1v) is 8.68. The molecule has 0 unspecified atom stereocenters. The van der Waals surface area contributed by atoms with Crippen molar-refractivity contribution >= 4 is 40.5 Å². The first kappa shape index (κ1) is 21.0. The van der Waals surface area contributed by atoms with Crippen molar-refractivity contribution in [1.82, 2.24) is 29.6 Å². The Bertz CT molecular complexity index is 1240. The lowest BCUT2D eigenvalue weighted by Gasteiger charge is -2.02. The number of hydrogen-bond donors (Lipinski definition) is 3. The van der Waals surface area contributed by atoms with Gasteiger partial charge in [0.15, 0.2) is 22.9 Å². The predicted molar refractivity (Wildman–Crippen MR) is 102 cm³/mol. The van der Waals surface area contributed by atoms with Crippen molar-refractivity contribution in [2.75, 3.05) is 7.11 Å². The molecule has 0 atom stereocenters. The Morgan fingerprint density at radius 3 is 2.73 bits per heavy atom. The van der Waals surface area contributed by atoms with Crippen molar-refractivity contribution in [1.29, 1.82) is 0 Å². The van der Waals surface area contributed by atoms with E-state index in [9.17, 15) is 14.7 Å². The molecule has 13 heteroatoms. The number of aromatic carboxylic acids is 1. The number of rotatable bonds is 4. The van der Waals surface area contributed by atoms with Crippen molar-refractivity contribution in [3.05, 3.63) is 47.1 Å². The van der Waals surface area contributed by atoms with Gasteiger partial charge in [0, 0.05) is 19.5 Å². The van der Waals surface area contributed by atoms with Gasteiger partial charge in [-0.1, -0.05) is 16.4 Å². The van der Waals surface area contributed by atoms with Gasteiger partial charge in [-0.25, -0.2) is 24.4 Å². The number of aromatic nitrogens is 5. The monoisotopic (exact) mass is 434 g/mol. The SMILES string of the molecule is COC(=O)c1cc(C(=O)O)nc2c(O)nnn12.Cc1nc2cc(CNCl)ccc2o1. The maximum absolute atomic E-state index is 11.4. The van der Waals surface area contributed by atoms with E-state index in [1.54, 1.807) is 0 Å². The van der Waals surface area contributed by atoms with E-state index in [2.05, 4.69) is 29.9 Å². The molecular weight excluding hydrogens is 420 g/mol. The summed E-state index contributed by atoms with van der Waals surface area (Å²) < 4.78 is 10.7. The molecular formula is C17H15ClN6O6. The molecule has 0 fully saturated rings. The van der Waals surface area contributed by atoms with Crippen LogP contribution in [0.15, 0.2) is 28.7 Å². The predicted octanol–water partition coefficient (Wildman–Crippen LogP) is 1.69. The summed E-state index contributed by atoms with van der Waals surface area (Å²) in [6.07, 6.45) is 0. The van der Waals surface area contributed by atoms with Crippen LogP contribution in [-0.4, -0.2) is 54.1 Å². The lowest BCUT2D eigenvalue weighted by Crippen LogP contribution is -2.13. The highest BCUT2D eigenvalue weighted by Gasteiger charge is 2.20. The number of esters is 1. The summed E-state index contributed by atoms with van der Waals surface area (Å²) in [7, 11) is 1.13. The summed E-state index contributed by atoms with van der Waals surface area (Å²) in [5, 5.41) is 24.8. The zero-order valence-electron chi connectivity index (χ0n) is 15.7. The second-order valence-corrected chi connectivity index (χ2v) is 6.08. The number of hydrogen-bond acceptors (Lipinski definition) is 10. The number of carbonyl (C=O) groups is 2. The molecule has 3 heterocycles. The van der Waals surface area contributed by atoms with E-state index >= 15 is 0 Å². The standard InChI is InChI=1S/C9H9ClN2O.C8H6N4O5/c1-6-12-8-4-7(5-11-10)2-3-9(8)13-6;1-17-8(16)4-2-3(7(14)15)9-5-6(13)10-11-12(4)5/h2-4,11H,5H2,1H3;2,13H,1H3,(H,14,15). The molecule has 3 N–H and O–H groups in total. The summed E-state index contributed by atoms with van der Waals surface area (Å²) in [6, 6.07) is 6.80. The minimum atomic E-state index is -1.35. The van der Waals surface area contributed by atoms with Crippen molar-refractivity contribution in [3.8, 4) is 5.88 Å². The first-order chi connectivity index (χ1) is 14.3. The van der Waals surface area contributed by atoms with Crippen LogP contribution in [0.3, 0.4) is 0 Å². The van der Waals surface area contributed by atoms with Gasteiger partial charge >= 0.3 is 11.9 Å². The number of nitrogens with zero attached hydrogens (tertiary/aromatic N) is 5. The molecule has 4 aromatic rings. The minimum absolute atomic E-state index is 0.192. The van der Waals surface area contributed by atoms with Gasteiger partial charge in [-0.2, -0.15) is 4.52 Å². The molecule has 0 aliphatic carbocycles. The number of carboxylic acid groups (broad SMARTS) is 1. The largest absolute Gasteiger partial charge is 0.489 e. The van der Waals surface area contributed by atoms with E-state index in [1.807, 2.05) is 25.1 Å². The maximum Gasteiger partial charge on any atom is 0.356 e. The Morgan fingerprint density at radius 1 is 1.30 bits per heavy atom. The second kappa shape index (κ2) is 8.71. The minimum Gasteiger partial charge on any atom is -0.489 e. The normalized spacial score (nSPS) is 10.6. The van der Waals surface area contributed by atoms with Crippen LogP contribution < -0.4 is 4.84 Å². The smallest absolute Gasteiger partial charge is 0.356 e. The van der Waals surface area contributed by atoms with Crippen LogP contribution in [0.1, 0.15) is 32.4 Å². The average molecular weight is 435 g/mol. The zero-order chi connectivity index (χ0) is 21.8. The lowest BCUT2D eigenvalue weighted by molar-refractivity contribution is 0.0590. The molecule has 0 saturated carbocycles. The van der Waals surface area contributed by atoms with Gasteiger partial charge in [-0.15, -0.1) is 0 Å². The van der Waals surface area contributed by atoms with Gasteiger partial charge < -0.3 is 19.4 Å². The van der Waals surface area contributed by atoms with Crippen LogP contribution in [0.2, 0.25) is 0 Å². The summed E-state index contributed by atoms with van der Waals surface area (Å²) in [5.41, 5.74) is 1.94. The number of benzene rings is 1. The van der Waals surface area contributed by atoms with E-state index in [1.165, 1.54) is 0 Å². The molecule has 0 bridgehead atoms. The summed E-state index contributed by atoms with van der Waals surface area (Å²) in [4.78, 5) is 32.6. The van der Waals surface area contributed by atoms with E-state index in [0.29, 0.717) is 12.4 Å². The van der Waals surface area contributed by atoms with Crippen LogP contribution in [0.4, 0.5) is 0 Å². The Kier molecular flexibility index (Phi) is 6.09. The number of carbonyl (C=O) groups excluding carboxylic acids is 1. The van der Waals surface area contributed by atoms with Gasteiger partial charge in [-0.05, 0) is 29.5 Å². The highest BCUT2D eigenvalue weighted by Crippen LogP contribution is 2.17. The molecule has 4 rings (SSSR count). The highest BCUT2D eigenvalue weighted by molar-refractivity contribution is 6.13.